The molecule has 2 saturated carbocycles. The van der Waals surface area contributed by atoms with E-state index in [1.165, 1.54) is 32.1 Å². The molecule has 0 unspecified atom stereocenters. The van der Waals surface area contributed by atoms with Crippen molar-refractivity contribution in [3.63, 3.8) is 0 Å². The van der Waals surface area contributed by atoms with Gasteiger partial charge in [0.1, 0.15) is 0 Å². The molecule has 4 heteroatoms. The fourth-order valence-electron chi connectivity index (χ4n) is 2.53. The van der Waals surface area contributed by atoms with Gasteiger partial charge in [0.2, 0.25) is 0 Å². The van der Waals surface area contributed by atoms with Gasteiger partial charge in [-0.3, -0.25) is 0 Å². The van der Waals surface area contributed by atoms with Crippen LogP contribution < -0.4 is 10.6 Å². The smallest absolute Gasteiger partial charge is 0.315 e. The van der Waals surface area contributed by atoms with E-state index in [9.17, 15) is 4.79 Å². The minimum atomic E-state index is 0.0149. The molecule has 0 aromatic carbocycles. The van der Waals surface area contributed by atoms with Crippen molar-refractivity contribution < 1.29 is 4.79 Å². The van der Waals surface area contributed by atoms with Crippen LogP contribution >= 0.6 is 0 Å². The topological polar surface area (TPSA) is 44.4 Å². The number of amides is 2. The van der Waals surface area contributed by atoms with Crippen LogP contribution in [0.25, 0.3) is 0 Å². The summed E-state index contributed by atoms with van der Waals surface area (Å²) in [5.41, 5.74) is 0. The second-order valence-corrected chi connectivity index (χ2v) is 5.45. The first-order valence-electron chi connectivity index (χ1n) is 7.00. The number of carbonyl (C=O) groups excluding carboxylic acids is 1. The van der Waals surface area contributed by atoms with Gasteiger partial charge in [-0.2, -0.15) is 0 Å². The average Bonchev–Trinajstić information content (AvgIpc) is 3.14. The Morgan fingerprint density at radius 3 is 2.53 bits per heavy atom. The summed E-state index contributed by atoms with van der Waals surface area (Å²) >= 11 is 0. The molecule has 0 atom stereocenters. The Morgan fingerprint density at radius 2 is 1.88 bits per heavy atom. The first-order chi connectivity index (χ1) is 8.25. The van der Waals surface area contributed by atoms with Crippen molar-refractivity contribution in [2.45, 2.75) is 57.0 Å². The van der Waals surface area contributed by atoms with Gasteiger partial charge in [-0.1, -0.05) is 19.3 Å². The molecule has 2 rings (SSSR count). The lowest BCUT2D eigenvalue weighted by atomic mass is 9.96. The van der Waals surface area contributed by atoms with E-state index < -0.39 is 0 Å². The van der Waals surface area contributed by atoms with E-state index in [0.717, 1.165) is 32.0 Å². The van der Waals surface area contributed by atoms with Crippen LogP contribution in [0.3, 0.4) is 0 Å². The van der Waals surface area contributed by atoms with E-state index in [1.54, 1.807) is 0 Å². The Bertz CT molecular complexity index is 247. The maximum atomic E-state index is 11.6. The van der Waals surface area contributed by atoms with Gasteiger partial charge in [-0.05, 0) is 32.7 Å². The van der Waals surface area contributed by atoms with Crippen LogP contribution in [0.5, 0.6) is 0 Å². The number of rotatable bonds is 5. The molecule has 2 aliphatic carbocycles. The molecule has 2 fully saturated rings. The molecule has 0 aliphatic heterocycles. The second-order valence-electron chi connectivity index (χ2n) is 5.45. The molecule has 2 amide bonds. The van der Waals surface area contributed by atoms with Gasteiger partial charge in [-0.25, -0.2) is 4.79 Å². The van der Waals surface area contributed by atoms with Gasteiger partial charge in [0.05, 0.1) is 0 Å². The highest BCUT2D eigenvalue weighted by Crippen LogP contribution is 2.24. The van der Waals surface area contributed by atoms with Crippen LogP contribution in [0.4, 0.5) is 4.79 Å². The van der Waals surface area contributed by atoms with E-state index in [0.29, 0.717) is 6.04 Å². The van der Waals surface area contributed by atoms with Crippen molar-refractivity contribution in [3.05, 3.63) is 0 Å². The summed E-state index contributed by atoms with van der Waals surface area (Å²) in [4.78, 5) is 14.0. The molecule has 2 aliphatic rings. The van der Waals surface area contributed by atoms with Crippen molar-refractivity contribution in [1.82, 2.24) is 15.5 Å². The summed E-state index contributed by atoms with van der Waals surface area (Å²) in [6.07, 6.45) is 8.79. The molecule has 0 spiro atoms. The summed E-state index contributed by atoms with van der Waals surface area (Å²) in [6, 6.07) is 1.20. The standard InChI is InChI=1S/C13H25N3O/c1-16(12-7-8-12)10-9-14-13(17)15-11-5-3-2-4-6-11/h11-12H,2-10H2,1H3,(H2,14,15,17). The molecule has 0 radical (unpaired) electrons. The lowest BCUT2D eigenvalue weighted by Gasteiger charge is -2.23. The summed E-state index contributed by atoms with van der Waals surface area (Å²) in [5, 5.41) is 6.02. The number of nitrogens with one attached hydrogen (secondary N) is 2. The first kappa shape index (κ1) is 12.7. The molecule has 0 saturated heterocycles. The van der Waals surface area contributed by atoms with E-state index in [-0.39, 0.29) is 6.03 Å². The quantitative estimate of drug-likeness (QED) is 0.767. The lowest BCUT2D eigenvalue weighted by Crippen LogP contribution is -2.45. The van der Waals surface area contributed by atoms with Gasteiger partial charge < -0.3 is 15.5 Å². The van der Waals surface area contributed by atoms with E-state index >= 15 is 0 Å². The van der Waals surface area contributed by atoms with Gasteiger partial charge in [0, 0.05) is 25.2 Å². The number of hydrogen-bond donors (Lipinski definition) is 2. The van der Waals surface area contributed by atoms with Gasteiger partial charge in [-0.15, -0.1) is 0 Å². The first-order valence-corrected chi connectivity index (χ1v) is 7.00. The molecule has 0 heterocycles. The van der Waals surface area contributed by atoms with Gasteiger partial charge >= 0.3 is 6.03 Å². The highest BCUT2D eigenvalue weighted by molar-refractivity contribution is 5.74. The largest absolute Gasteiger partial charge is 0.337 e. The zero-order valence-electron chi connectivity index (χ0n) is 10.9. The Kier molecular flexibility index (Phi) is 4.66. The molecule has 0 bridgehead atoms. The third-order valence-electron chi connectivity index (χ3n) is 3.86. The average molecular weight is 239 g/mol. The Labute approximate surface area is 104 Å². The predicted molar refractivity (Wildman–Crippen MR) is 69.1 cm³/mol. The summed E-state index contributed by atoms with van der Waals surface area (Å²) in [6.45, 7) is 1.72. The molecule has 2 N–H and O–H groups in total. The summed E-state index contributed by atoms with van der Waals surface area (Å²) in [5.74, 6) is 0. The highest BCUT2D eigenvalue weighted by Gasteiger charge is 2.25. The zero-order valence-corrected chi connectivity index (χ0v) is 10.9. The normalized spacial score (nSPS) is 21.5. The van der Waals surface area contributed by atoms with Gasteiger partial charge in [0.25, 0.3) is 0 Å². The molecular weight excluding hydrogens is 214 g/mol. The van der Waals surface area contributed by atoms with E-state index in [2.05, 4.69) is 22.6 Å². The van der Waals surface area contributed by atoms with E-state index in [4.69, 9.17) is 0 Å². The van der Waals surface area contributed by atoms with Crippen molar-refractivity contribution in [1.29, 1.82) is 0 Å². The zero-order chi connectivity index (χ0) is 12.1. The third-order valence-corrected chi connectivity index (χ3v) is 3.86. The Hall–Kier alpha value is -0.770. The number of likely N-dealkylation sites (N-methyl/N-ethyl adjacent to an activating group) is 1. The SMILES string of the molecule is CN(CCNC(=O)NC1CCCCC1)C1CC1. The molecule has 0 aromatic heterocycles. The fraction of sp³-hybridized carbons (Fsp3) is 0.923. The maximum absolute atomic E-state index is 11.6. The Morgan fingerprint density at radius 1 is 1.18 bits per heavy atom. The van der Waals surface area contributed by atoms with Crippen LogP contribution in [-0.4, -0.2) is 43.2 Å². The summed E-state index contributed by atoms with van der Waals surface area (Å²) in [7, 11) is 2.14. The number of carbonyl (C=O) groups is 1. The Balaban J connectivity index is 1.53. The number of hydrogen-bond acceptors (Lipinski definition) is 2. The highest BCUT2D eigenvalue weighted by atomic mass is 16.2. The lowest BCUT2D eigenvalue weighted by molar-refractivity contribution is 0.230. The van der Waals surface area contributed by atoms with Crippen molar-refractivity contribution in [2.24, 2.45) is 0 Å². The molecule has 0 aromatic rings. The molecular formula is C13H25N3O. The van der Waals surface area contributed by atoms with Crippen LogP contribution in [0.1, 0.15) is 44.9 Å². The summed E-state index contributed by atoms with van der Waals surface area (Å²) < 4.78 is 0. The third kappa shape index (κ3) is 4.54. The molecule has 17 heavy (non-hydrogen) atoms. The van der Waals surface area contributed by atoms with Crippen LogP contribution in [0, 0.1) is 0 Å². The number of urea groups is 1. The predicted octanol–water partition coefficient (Wildman–Crippen LogP) is 1.71. The van der Waals surface area contributed by atoms with Gasteiger partial charge in [0.15, 0.2) is 0 Å². The van der Waals surface area contributed by atoms with Crippen molar-refractivity contribution >= 4 is 6.03 Å². The second kappa shape index (κ2) is 6.24. The maximum Gasteiger partial charge on any atom is 0.315 e. The minimum absolute atomic E-state index is 0.0149. The van der Waals surface area contributed by atoms with Crippen LogP contribution in [-0.2, 0) is 0 Å². The van der Waals surface area contributed by atoms with Crippen LogP contribution in [0.15, 0.2) is 0 Å². The van der Waals surface area contributed by atoms with Crippen molar-refractivity contribution in [2.75, 3.05) is 20.1 Å². The van der Waals surface area contributed by atoms with E-state index in [1.807, 2.05) is 0 Å². The molecule has 4 nitrogen and oxygen atoms in total. The number of nitrogens with zero attached hydrogens (tertiary/aromatic N) is 1. The monoisotopic (exact) mass is 239 g/mol. The minimum Gasteiger partial charge on any atom is -0.337 e. The van der Waals surface area contributed by atoms with Crippen LogP contribution in [0.2, 0.25) is 0 Å². The fourth-order valence-corrected chi connectivity index (χ4v) is 2.53. The molecule has 98 valence electrons. The van der Waals surface area contributed by atoms with Crippen molar-refractivity contribution in [3.8, 4) is 0 Å².